The van der Waals surface area contributed by atoms with E-state index in [-0.39, 0.29) is 23.6 Å². The Hall–Kier alpha value is -2.02. The van der Waals surface area contributed by atoms with Crippen LogP contribution in [0.25, 0.3) is 5.65 Å². The molecule has 1 spiro atoms. The van der Waals surface area contributed by atoms with Crippen molar-refractivity contribution < 1.29 is 9.53 Å². The number of aromatic nitrogens is 3. The molecule has 2 N–H and O–H groups in total. The first-order chi connectivity index (χ1) is 14.7. The first-order valence-electron chi connectivity index (χ1n) is 11.5. The van der Waals surface area contributed by atoms with Crippen LogP contribution in [0.1, 0.15) is 77.5 Å². The third kappa shape index (κ3) is 3.55. The number of ether oxygens (including phenoxy) is 1. The van der Waals surface area contributed by atoms with Gasteiger partial charge in [0.25, 0.3) is 0 Å². The maximum Gasteiger partial charge on any atom is 0.407 e. The summed E-state index contributed by atoms with van der Waals surface area (Å²) in [6.45, 7) is 7.99. The number of fused-ring (bicyclic) bond motifs is 3. The second-order valence-corrected chi connectivity index (χ2v) is 11.0. The van der Waals surface area contributed by atoms with Crippen LogP contribution >= 0.6 is 11.6 Å². The second-order valence-electron chi connectivity index (χ2n) is 10.6. The van der Waals surface area contributed by atoms with Gasteiger partial charge in [0.05, 0.1) is 11.9 Å². The van der Waals surface area contributed by atoms with Crippen molar-refractivity contribution >= 4 is 29.2 Å². The van der Waals surface area contributed by atoms with Crippen molar-refractivity contribution in [1.82, 2.24) is 19.9 Å². The average molecular weight is 446 g/mol. The van der Waals surface area contributed by atoms with E-state index in [0.717, 1.165) is 30.7 Å². The molecule has 2 aromatic rings. The summed E-state index contributed by atoms with van der Waals surface area (Å²) in [4.78, 5) is 17.1. The molecule has 2 heterocycles. The van der Waals surface area contributed by atoms with Gasteiger partial charge in [0.2, 0.25) is 0 Å². The molecule has 5 rings (SSSR count). The zero-order valence-corrected chi connectivity index (χ0v) is 19.6. The topological polar surface area (TPSA) is 80.5 Å². The van der Waals surface area contributed by atoms with Crippen molar-refractivity contribution in [3.63, 3.8) is 0 Å². The van der Waals surface area contributed by atoms with Gasteiger partial charge in [-0.15, -0.1) is 0 Å². The molecule has 31 heavy (non-hydrogen) atoms. The second kappa shape index (κ2) is 7.26. The number of anilines is 1. The standard InChI is InChI=1S/C23H32ClN5O2/c1-13-9-16-18(23(13)7-5-6-8-23)28-20-17(24)12-25-29(20)19(16)26-14-10-15(11-14)27-21(30)31-22(2,3)4/h12-15,26H,5-11H2,1-4H3,(H,27,30). The van der Waals surface area contributed by atoms with E-state index in [1.54, 1.807) is 6.20 Å². The molecule has 0 saturated heterocycles. The van der Waals surface area contributed by atoms with Gasteiger partial charge in [-0.05, 0) is 58.8 Å². The van der Waals surface area contributed by atoms with Crippen LogP contribution in [-0.4, -0.2) is 38.4 Å². The van der Waals surface area contributed by atoms with E-state index in [9.17, 15) is 4.79 Å². The number of hydrogen-bond donors (Lipinski definition) is 2. The molecule has 2 aromatic heterocycles. The van der Waals surface area contributed by atoms with Crippen LogP contribution in [0.4, 0.5) is 10.6 Å². The summed E-state index contributed by atoms with van der Waals surface area (Å²) in [6.07, 6.45) is 9.02. The van der Waals surface area contributed by atoms with Crippen molar-refractivity contribution in [1.29, 1.82) is 0 Å². The third-order valence-corrected chi connectivity index (χ3v) is 7.59. The van der Waals surface area contributed by atoms with Crippen LogP contribution in [-0.2, 0) is 16.6 Å². The van der Waals surface area contributed by atoms with E-state index in [0.29, 0.717) is 10.9 Å². The Morgan fingerprint density at radius 2 is 1.97 bits per heavy atom. The summed E-state index contributed by atoms with van der Waals surface area (Å²) < 4.78 is 7.25. The van der Waals surface area contributed by atoms with Crippen LogP contribution in [0.2, 0.25) is 5.02 Å². The largest absolute Gasteiger partial charge is 0.444 e. The molecule has 0 aliphatic heterocycles. The van der Waals surface area contributed by atoms with E-state index < -0.39 is 5.60 Å². The number of rotatable bonds is 3. The number of alkyl carbamates (subject to hydrolysis) is 1. The number of halogens is 1. The predicted molar refractivity (Wildman–Crippen MR) is 121 cm³/mol. The van der Waals surface area contributed by atoms with Crippen molar-refractivity contribution in [2.75, 3.05) is 5.32 Å². The minimum Gasteiger partial charge on any atom is -0.444 e. The van der Waals surface area contributed by atoms with Crippen molar-refractivity contribution in [3.8, 4) is 0 Å². The van der Waals surface area contributed by atoms with Crippen molar-refractivity contribution in [2.45, 2.75) is 95.7 Å². The van der Waals surface area contributed by atoms with E-state index in [1.807, 2.05) is 25.3 Å². The van der Waals surface area contributed by atoms with Crippen LogP contribution in [0.3, 0.4) is 0 Å². The zero-order valence-electron chi connectivity index (χ0n) is 18.8. The lowest BCUT2D eigenvalue weighted by molar-refractivity contribution is 0.0475. The highest BCUT2D eigenvalue weighted by Crippen LogP contribution is 2.54. The Labute approximate surface area is 188 Å². The van der Waals surface area contributed by atoms with Gasteiger partial charge in [0.15, 0.2) is 5.65 Å². The molecule has 3 aliphatic rings. The Bertz CT molecular complexity index is 1020. The van der Waals surface area contributed by atoms with Crippen LogP contribution < -0.4 is 10.6 Å². The molecular weight excluding hydrogens is 414 g/mol. The Kier molecular flexibility index (Phi) is 4.88. The van der Waals surface area contributed by atoms with Gasteiger partial charge in [0, 0.05) is 23.1 Å². The SMILES string of the molecule is CC1Cc2c(nc3c(Cl)cnn3c2NC2CC(NC(=O)OC(C)(C)C)C2)C12CCCC2. The minimum absolute atomic E-state index is 0.124. The Morgan fingerprint density at radius 3 is 2.65 bits per heavy atom. The molecule has 2 saturated carbocycles. The average Bonchev–Trinajstić information content (AvgIpc) is 3.33. The fraction of sp³-hybridized carbons (Fsp3) is 0.696. The van der Waals surface area contributed by atoms with E-state index in [4.69, 9.17) is 21.3 Å². The molecule has 1 amide bonds. The number of hydrogen-bond acceptors (Lipinski definition) is 5. The smallest absolute Gasteiger partial charge is 0.407 e. The van der Waals surface area contributed by atoms with E-state index in [2.05, 4.69) is 22.7 Å². The summed E-state index contributed by atoms with van der Waals surface area (Å²) in [5, 5.41) is 11.8. The summed E-state index contributed by atoms with van der Waals surface area (Å²) in [5.41, 5.74) is 2.97. The molecule has 7 nitrogen and oxygen atoms in total. The highest BCUT2D eigenvalue weighted by Gasteiger charge is 2.49. The maximum atomic E-state index is 12.0. The van der Waals surface area contributed by atoms with E-state index >= 15 is 0 Å². The summed E-state index contributed by atoms with van der Waals surface area (Å²) in [5.74, 6) is 1.61. The molecule has 2 fully saturated rings. The van der Waals surface area contributed by atoms with Crippen molar-refractivity contribution in [3.05, 3.63) is 22.5 Å². The van der Waals surface area contributed by atoms with Crippen LogP contribution in [0.5, 0.6) is 0 Å². The molecule has 8 heteroatoms. The van der Waals surface area contributed by atoms with Crippen molar-refractivity contribution in [2.24, 2.45) is 5.92 Å². The van der Waals surface area contributed by atoms with Gasteiger partial charge in [-0.2, -0.15) is 9.61 Å². The van der Waals surface area contributed by atoms with Crippen LogP contribution in [0.15, 0.2) is 6.20 Å². The first-order valence-corrected chi connectivity index (χ1v) is 11.9. The van der Waals surface area contributed by atoms with Gasteiger partial charge in [-0.1, -0.05) is 31.4 Å². The van der Waals surface area contributed by atoms with Gasteiger partial charge < -0.3 is 15.4 Å². The maximum absolute atomic E-state index is 12.0. The molecule has 1 atom stereocenters. The normalized spacial score (nSPS) is 26.7. The van der Waals surface area contributed by atoms with Gasteiger partial charge in [0.1, 0.15) is 16.4 Å². The van der Waals surface area contributed by atoms with Gasteiger partial charge in [-0.3, -0.25) is 0 Å². The quantitative estimate of drug-likeness (QED) is 0.705. The summed E-state index contributed by atoms with van der Waals surface area (Å²) in [6, 6.07) is 0.395. The molecule has 0 bridgehead atoms. The molecular formula is C23H32ClN5O2. The molecule has 3 aliphatic carbocycles. The first kappa shape index (κ1) is 20.9. The molecule has 0 radical (unpaired) electrons. The number of carbonyl (C=O) groups excluding carboxylic acids is 1. The van der Waals surface area contributed by atoms with Gasteiger partial charge >= 0.3 is 6.09 Å². The Balaban J connectivity index is 1.37. The molecule has 1 unspecified atom stereocenters. The van der Waals surface area contributed by atoms with Crippen LogP contribution in [0, 0.1) is 5.92 Å². The fourth-order valence-corrected chi connectivity index (χ4v) is 5.91. The fourth-order valence-electron chi connectivity index (χ4n) is 5.74. The highest BCUT2D eigenvalue weighted by molar-refractivity contribution is 6.33. The van der Waals surface area contributed by atoms with Gasteiger partial charge in [-0.25, -0.2) is 9.78 Å². The molecule has 168 valence electrons. The third-order valence-electron chi connectivity index (χ3n) is 7.32. The highest BCUT2D eigenvalue weighted by atomic mass is 35.5. The zero-order chi connectivity index (χ0) is 22.0. The lowest BCUT2D eigenvalue weighted by Gasteiger charge is -2.37. The lowest BCUT2D eigenvalue weighted by atomic mass is 9.76. The lowest BCUT2D eigenvalue weighted by Crippen LogP contribution is -2.51. The number of carbonyl (C=O) groups is 1. The Morgan fingerprint density at radius 1 is 1.26 bits per heavy atom. The predicted octanol–water partition coefficient (Wildman–Crippen LogP) is 4.85. The minimum atomic E-state index is -0.485. The summed E-state index contributed by atoms with van der Waals surface area (Å²) in [7, 11) is 0. The summed E-state index contributed by atoms with van der Waals surface area (Å²) >= 11 is 6.46. The molecule has 0 aromatic carbocycles. The van der Waals surface area contributed by atoms with E-state index in [1.165, 1.54) is 36.9 Å². The monoisotopic (exact) mass is 445 g/mol. The number of amides is 1. The number of nitrogens with one attached hydrogen (secondary N) is 2. The number of nitrogens with zero attached hydrogens (tertiary/aromatic N) is 3.